The summed E-state index contributed by atoms with van der Waals surface area (Å²) >= 11 is 0. The van der Waals surface area contributed by atoms with E-state index in [0.717, 1.165) is 13.1 Å². The van der Waals surface area contributed by atoms with E-state index >= 15 is 0 Å². The number of hydrogen-bond acceptors (Lipinski definition) is 3. The Morgan fingerprint density at radius 1 is 1.23 bits per heavy atom. The Hall–Kier alpha value is -1.85. The first-order valence-electron chi connectivity index (χ1n) is 3.80. The minimum absolute atomic E-state index is 0.0463. The number of H-pyrrole nitrogens is 1. The third-order valence-corrected chi connectivity index (χ3v) is 1.28. The molecular weight excluding hydrogens is 172 g/mol. The molecule has 1 saturated heterocycles. The molecule has 1 aliphatic rings. The zero-order chi connectivity index (χ0) is 9.52. The molecule has 6 heteroatoms. The van der Waals surface area contributed by atoms with Crippen molar-refractivity contribution in [2.24, 2.45) is 0 Å². The zero-order valence-corrected chi connectivity index (χ0v) is 6.91. The summed E-state index contributed by atoms with van der Waals surface area (Å²) in [6.07, 6.45) is 2.98. The van der Waals surface area contributed by atoms with Gasteiger partial charge in [-0.1, -0.05) is 0 Å². The van der Waals surface area contributed by atoms with Gasteiger partial charge in [0.25, 0.3) is 0 Å². The van der Waals surface area contributed by atoms with Gasteiger partial charge >= 0.3 is 11.7 Å². The Kier molecular flexibility index (Phi) is 3.49. The molecular formula is C7H10N4O2. The largest absolute Gasteiger partial charge is 0.344 e. The molecule has 1 aromatic rings. The number of aromatic nitrogens is 2. The number of aromatic amines is 1. The molecule has 2 heterocycles. The number of carbonyl (C=O) groups excluding carboxylic acids is 1. The minimum atomic E-state index is -0.303. The van der Waals surface area contributed by atoms with Gasteiger partial charge in [0.1, 0.15) is 0 Å². The van der Waals surface area contributed by atoms with Crippen molar-refractivity contribution in [3.05, 3.63) is 28.9 Å². The number of carbonyl (C=O) groups is 1. The number of hydrogen-bond donors (Lipinski definition) is 3. The van der Waals surface area contributed by atoms with E-state index < -0.39 is 0 Å². The number of nitrogens with one attached hydrogen (secondary N) is 3. The van der Waals surface area contributed by atoms with Gasteiger partial charge in [-0.3, -0.25) is 0 Å². The van der Waals surface area contributed by atoms with Crippen LogP contribution in [0.3, 0.4) is 0 Å². The van der Waals surface area contributed by atoms with Crippen LogP contribution in [0.25, 0.3) is 0 Å². The van der Waals surface area contributed by atoms with Crippen LogP contribution in [0.4, 0.5) is 4.79 Å². The van der Waals surface area contributed by atoms with Crippen LogP contribution in [0.1, 0.15) is 0 Å². The lowest BCUT2D eigenvalue weighted by molar-refractivity contribution is 0.248. The number of rotatable bonds is 0. The van der Waals surface area contributed by atoms with Gasteiger partial charge in [-0.05, 0) is 6.07 Å². The lowest BCUT2D eigenvalue weighted by atomic mass is 10.7. The van der Waals surface area contributed by atoms with Crippen LogP contribution in [-0.4, -0.2) is 29.1 Å². The minimum Gasteiger partial charge on any atom is -0.336 e. The maximum atomic E-state index is 10.1. The molecule has 6 nitrogen and oxygen atoms in total. The van der Waals surface area contributed by atoms with Gasteiger partial charge in [0.2, 0.25) is 0 Å². The lowest BCUT2D eigenvalue weighted by Gasteiger charge is -1.80. The van der Waals surface area contributed by atoms with E-state index in [1.165, 1.54) is 12.4 Å². The third-order valence-electron chi connectivity index (χ3n) is 1.28. The van der Waals surface area contributed by atoms with Gasteiger partial charge in [0.05, 0.1) is 0 Å². The molecule has 0 aromatic carbocycles. The van der Waals surface area contributed by atoms with Crippen molar-refractivity contribution in [2.75, 3.05) is 13.1 Å². The molecule has 0 spiro atoms. The summed E-state index contributed by atoms with van der Waals surface area (Å²) in [5.41, 5.74) is -0.303. The SMILES string of the molecule is O=C1NCCN1.O=c1nccc[nH]1. The molecule has 0 radical (unpaired) electrons. The first-order valence-corrected chi connectivity index (χ1v) is 3.80. The van der Waals surface area contributed by atoms with Crippen molar-refractivity contribution >= 4 is 6.03 Å². The van der Waals surface area contributed by atoms with E-state index in [1.807, 2.05) is 0 Å². The summed E-state index contributed by atoms with van der Waals surface area (Å²) in [5, 5.41) is 5.14. The molecule has 2 amide bonds. The molecule has 70 valence electrons. The number of amides is 2. The fourth-order valence-electron chi connectivity index (χ4n) is 0.725. The Bertz CT molecular complexity index is 297. The lowest BCUT2D eigenvalue weighted by Crippen LogP contribution is -2.20. The summed E-state index contributed by atoms with van der Waals surface area (Å²) in [7, 11) is 0. The van der Waals surface area contributed by atoms with E-state index in [0.29, 0.717) is 0 Å². The average molecular weight is 182 g/mol. The second kappa shape index (κ2) is 4.91. The maximum Gasteiger partial charge on any atom is 0.344 e. The molecule has 2 rings (SSSR count). The quantitative estimate of drug-likeness (QED) is 0.484. The summed E-state index contributed by atoms with van der Waals surface area (Å²) in [6.45, 7) is 1.55. The summed E-state index contributed by atoms with van der Waals surface area (Å²) in [5.74, 6) is 0. The van der Waals surface area contributed by atoms with E-state index in [1.54, 1.807) is 6.07 Å². The first kappa shape index (κ1) is 9.24. The second-order valence-electron chi connectivity index (χ2n) is 2.27. The van der Waals surface area contributed by atoms with Crippen LogP contribution in [0.15, 0.2) is 23.3 Å². The fraction of sp³-hybridized carbons (Fsp3) is 0.286. The molecule has 0 unspecified atom stereocenters. The molecule has 0 atom stereocenters. The van der Waals surface area contributed by atoms with Crippen LogP contribution in [0.2, 0.25) is 0 Å². The number of nitrogens with zero attached hydrogens (tertiary/aromatic N) is 1. The highest BCUT2D eigenvalue weighted by Crippen LogP contribution is 1.70. The Labute approximate surface area is 74.4 Å². The van der Waals surface area contributed by atoms with Crippen LogP contribution in [-0.2, 0) is 0 Å². The highest BCUT2D eigenvalue weighted by atomic mass is 16.2. The topological polar surface area (TPSA) is 86.9 Å². The van der Waals surface area contributed by atoms with E-state index in [9.17, 15) is 9.59 Å². The molecule has 3 N–H and O–H groups in total. The molecule has 0 saturated carbocycles. The van der Waals surface area contributed by atoms with Crippen molar-refractivity contribution in [2.45, 2.75) is 0 Å². The molecule has 0 bridgehead atoms. The van der Waals surface area contributed by atoms with Crippen molar-refractivity contribution in [1.29, 1.82) is 0 Å². The van der Waals surface area contributed by atoms with Gasteiger partial charge in [-0.2, -0.15) is 0 Å². The predicted octanol–water partition coefficient (Wildman–Crippen LogP) is -0.931. The van der Waals surface area contributed by atoms with Crippen molar-refractivity contribution in [1.82, 2.24) is 20.6 Å². The third kappa shape index (κ3) is 3.90. The normalized spacial score (nSPS) is 13.7. The average Bonchev–Trinajstić information content (AvgIpc) is 2.58. The monoisotopic (exact) mass is 182 g/mol. The van der Waals surface area contributed by atoms with Gasteiger partial charge in [0.15, 0.2) is 0 Å². The standard InChI is InChI=1S/C4H4N2O.C3H6N2O/c7-4-5-2-1-3-6-4;6-3-4-1-2-5-3/h1-3H,(H,5,6,7);1-2H2,(H2,4,5,6). The van der Waals surface area contributed by atoms with Gasteiger partial charge < -0.3 is 15.6 Å². The molecule has 1 fully saturated rings. The van der Waals surface area contributed by atoms with Crippen LogP contribution in [0, 0.1) is 0 Å². The van der Waals surface area contributed by atoms with E-state index in [2.05, 4.69) is 20.6 Å². The Balaban J connectivity index is 0.000000132. The van der Waals surface area contributed by atoms with Gasteiger partial charge in [-0.15, -0.1) is 0 Å². The molecule has 0 aliphatic carbocycles. The van der Waals surface area contributed by atoms with Crippen LogP contribution in [0.5, 0.6) is 0 Å². The zero-order valence-electron chi connectivity index (χ0n) is 6.91. The van der Waals surface area contributed by atoms with Crippen molar-refractivity contribution in [3.8, 4) is 0 Å². The summed E-state index contributed by atoms with van der Waals surface area (Å²) in [4.78, 5) is 25.9. The van der Waals surface area contributed by atoms with Crippen molar-refractivity contribution < 1.29 is 4.79 Å². The fourth-order valence-corrected chi connectivity index (χ4v) is 0.725. The summed E-state index contributed by atoms with van der Waals surface area (Å²) in [6, 6.07) is 1.61. The molecule has 13 heavy (non-hydrogen) atoms. The smallest absolute Gasteiger partial charge is 0.336 e. The van der Waals surface area contributed by atoms with Crippen LogP contribution >= 0.6 is 0 Å². The van der Waals surface area contributed by atoms with E-state index in [4.69, 9.17) is 0 Å². The molecule has 1 aromatic heterocycles. The Morgan fingerprint density at radius 2 is 1.92 bits per heavy atom. The van der Waals surface area contributed by atoms with Crippen LogP contribution < -0.4 is 16.3 Å². The van der Waals surface area contributed by atoms with Crippen molar-refractivity contribution in [3.63, 3.8) is 0 Å². The second-order valence-corrected chi connectivity index (χ2v) is 2.27. The number of urea groups is 1. The maximum absolute atomic E-state index is 10.1. The van der Waals surface area contributed by atoms with E-state index in [-0.39, 0.29) is 11.7 Å². The predicted molar refractivity (Wildman–Crippen MR) is 46.3 cm³/mol. The highest BCUT2D eigenvalue weighted by molar-refractivity contribution is 5.75. The summed E-state index contributed by atoms with van der Waals surface area (Å²) < 4.78 is 0. The van der Waals surface area contributed by atoms with Gasteiger partial charge in [-0.25, -0.2) is 14.6 Å². The Morgan fingerprint density at radius 3 is 2.15 bits per heavy atom. The highest BCUT2D eigenvalue weighted by Gasteiger charge is 2.02. The molecule has 1 aliphatic heterocycles. The van der Waals surface area contributed by atoms with Gasteiger partial charge in [0, 0.05) is 25.5 Å². The first-order chi connectivity index (χ1) is 6.29.